The van der Waals surface area contributed by atoms with Gasteiger partial charge in [0.25, 0.3) is 0 Å². The summed E-state index contributed by atoms with van der Waals surface area (Å²) in [6.07, 6.45) is 5.21. The van der Waals surface area contributed by atoms with Crippen molar-refractivity contribution >= 4 is 23.2 Å². The lowest BCUT2D eigenvalue weighted by atomic mass is 9.97. The Bertz CT molecular complexity index is 1910. The van der Waals surface area contributed by atoms with Crippen LogP contribution in [0.5, 0.6) is 0 Å². The van der Waals surface area contributed by atoms with E-state index in [-0.39, 0.29) is 43.9 Å². The highest BCUT2D eigenvalue weighted by Gasteiger charge is 2.33. The maximum absolute atomic E-state index is 15.4. The third-order valence-electron chi connectivity index (χ3n) is 6.80. The van der Waals surface area contributed by atoms with Crippen LogP contribution in [0.4, 0.5) is 13.2 Å². The molecule has 4 aromatic heterocycles. The molecule has 2 atom stereocenters. The van der Waals surface area contributed by atoms with E-state index >= 15 is 4.39 Å². The average molecular weight is 627 g/mol. The second-order valence-corrected chi connectivity index (χ2v) is 10.2. The lowest BCUT2D eigenvalue weighted by Gasteiger charge is -2.23. The van der Waals surface area contributed by atoms with Gasteiger partial charge in [-0.05, 0) is 29.8 Å². The van der Waals surface area contributed by atoms with Crippen molar-refractivity contribution in [2.24, 2.45) is 0 Å². The van der Waals surface area contributed by atoms with E-state index in [0.29, 0.717) is 15.0 Å². The van der Waals surface area contributed by atoms with Crippen LogP contribution in [0, 0.1) is 11.0 Å². The normalized spacial score (nSPS) is 13.0. The lowest BCUT2D eigenvalue weighted by Crippen LogP contribution is -2.37. The predicted molar refractivity (Wildman–Crippen MR) is 150 cm³/mol. The summed E-state index contributed by atoms with van der Waals surface area (Å²) < 4.78 is 46.0. The minimum atomic E-state index is -2.89. The van der Waals surface area contributed by atoms with Crippen LogP contribution >= 0.6 is 23.2 Å². The first-order valence-electron chi connectivity index (χ1n) is 12.6. The van der Waals surface area contributed by atoms with E-state index in [9.17, 15) is 19.1 Å². The molecule has 0 amide bonds. The minimum Gasteiger partial charge on any atom is -0.618 e. The molecule has 6 rings (SSSR count). The van der Waals surface area contributed by atoms with E-state index in [1.807, 2.05) is 0 Å². The molecule has 15 heteroatoms. The van der Waals surface area contributed by atoms with Gasteiger partial charge in [-0.1, -0.05) is 58.7 Å². The molecule has 4 heterocycles. The Labute approximate surface area is 251 Å². The standard InChI is InChI=1S/C28H19Cl2F3N8O2/c29-19-7-9-21(38-15-23(30)36-37-38)24(25(19)31)17-6-8-22(40(43)14-17)26(27(42)16-4-2-1-3-5-16)39-13-18(12-35-39)20-10-11-34-41(20)28(32)33/h1-15,26-28,42H/t26-,27+/m0/s1. The van der Waals surface area contributed by atoms with Crippen molar-refractivity contribution in [1.29, 1.82) is 0 Å². The van der Waals surface area contributed by atoms with Crippen molar-refractivity contribution in [3.8, 4) is 28.1 Å². The second-order valence-electron chi connectivity index (χ2n) is 9.36. The first kappa shape index (κ1) is 28.4. The largest absolute Gasteiger partial charge is 0.618 e. The van der Waals surface area contributed by atoms with Gasteiger partial charge < -0.3 is 10.3 Å². The topological polar surface area (TPSA) is 114 Å². The number of rotatable bonds is 8. The fraction of sp³-hybridized carbons (Fsp3) is 0.107. The highest BCUT2D eigenvalue weighted by Crippen LogP contribution is 2.36. The van der Waals surface area contributed by atoms with Gasteiger partial charge in [0, 0.05) is 24.0 Å². The zero-order valence-electron chi connectivity index (χ0n) is 21.7. The molecule has 0 radical (unpaired) electrons. The average Bonchev–Trinajstić information content (AvgIpc) is 3.77. The number of hydrogen-bond donors (Lipinski definition) is 1. The molecule has 2 aromatic carbocycles. The van der Waals surface area contributed by atoms with Crippen LogP contribution in [-0.4, -0.2) is 39.7 Å². The Morgan fingerprint density at radius 2 is 1.72 bits per heavy atom. The van der Waals surface area contributed by atoms with E-state index in [1.54, 1.807) is 30.3 Å². The molecule has 0 aliphatic carbocycles. The molecule has 0 spiro atoms. The first-order valence-corrected chi connectivity index (χ1v) is 13.4. The van der Waals surface area contributed by atoms with Crippen LogP contribution in [0.15, 0.2) is 91.6 Å². The second kappa shape index (κ2) is 11.5. The number of aromatic nitrogens is 8. The summed E-state index contributed by atoms with van der Waals surface area (Å²) in [5.74, 6) is -0.799. The number of aliphatic hydroxyl groups excluding tert-OH is 1. The van der Waals surface area contributed by atoms with E-state index in [4.69, 9.17) is 23.2 Å². The van der Waals surface area contributed by atoms with Gasteiger partial charge in [0.05, 0.1) is 39.9 Å². The van der Waals surface area contributed by atoms with Gasteiger partial charge in [0.15, 0.2) is 23.2 Å². The summed E-state index contributed by atoms with van der Waals surface area (Å²) in [6.45, 7) is -2.89. The summed E-state index contributed by atoms with van der Waals surface area (Å²) in [4.78, 5) is 0. The van der Waals surface area contributed by atoms with E-state index in [2.05, 4.69) is 20.5 Å². The number of pyridine rings is 1. The zero-order valence-corrected chi connectivity index (χ0v) is 23.2. The lowest BCUT2D eigenvalue weighted by molar-refractivity contribution is -0.616. The number of benzene rings is 2. The fourth-order valence-corrected chi connectivity index (χ4v) is 5.12. The molecule has 218 valence electrons. The molecule has 10 nitrogen and oxygen atoms in total. The molecule has 43 heavy (non-hydrogen) atoms. The summed E-state index contributed by atoms with van der Waals surface area (Å²) in [7, 11) is 0. The third kappa shape index (κ3) is 5.33. The number of halogens is 5. The Hall–Kier alpha value is -4.72. The van der Waals surface area contributed by atoms with Gasteiger partial charge in [0.2, 0.25) is 5.69 Å². The molecule has 0 unspecified atom stereocenters. The van der Waals surface area contributed by atoms with Crippen molar-refractivity contribution < 1.29 is 23.0 Å². The van der Waals surface area contributed by atoms with Crippen LogP contribution in [0.25, 0.3) is 28.1 Å². The molecule has 0 aliphatic heterocycles. The van der Waals surface area contributed by atoms with Gasteiger partial charge in [0.1, 0.15) is 6.10 Å². The molecular formula is C28H19Cl2F3N8O2. The van der Waals surface area contributed by atoms with Crippen LogP contribution in [-0.2, 0) is 0 Å². The van der Waals surface area contributed by atoms with Gasteiger partial charge >= 0.3 is 6.55 Å². The van der Waals surface area contributed by atoms with Gasteiger partial charge in [-0.3, -0.25) is 4.68 Å². The first-order chi connectivity index (χ1) is 20.7. The van der Waals surface area contributed by atoms with Crippen LogP contribution in [0.2, 0.25) is 10.2 Å². The van der Waals surface area contributed by atoms with Gasteiger partial charge in [-0.15, -0.1) is 5.10 Å². The van der Waals surface area contributed by atoms with Crippen molar-refractivity contribution in [2.75, 3.05) is 0 Å². The van der Waals surface area contributed by atoms with Crippen LogP contribution in [0.3, 0.4) is 0 Å². The maximum atomic E-state index is 15.4. The highest BCUT2D eigenvalue weighted by atomic mass is 35.5. The van der Waals surface area contributed by atoms with Crippen LogP contribution in [0.1, 0.15) is 30.0 Å². The number of alkyl halides is 2. The van der Waals surface area contributed by atoms with Crippen molar-refractivity contribution in [3.05, 3.63) is 124 Å². The summed E-state index contributed by atoms with van der Waals surface area (Å²) >= 11 is 12.0. The van der Waals surface area contributed by atoms with Gasteiger partial charge in [-0.2, -0.15) is 23.7 Å². The predicted octanol–water partition coefficient (Wildman–Crippen LogP) is 5.79. The summed E-state index contributed by atoms with van der Waals surface area (Å²) in [5, 5.41) is 40.6. The summed E-state index contributed by atoms with van der Waals surface area (Å²) in [6, 6.07) is 14.6. The molecule has 0 aliphatic rings. The van der Waals surface area contributed by atoms with Crippen LogP contribution < -0.4 is 4.73 Å². The molecule has 0 bridgehead atoms. The Morgan fingerprint density at radius 1 is 0.930 bits per heavy atom. The number of nitrogens with zero attached hydrogens (tertiary/aromatic N) is 8. The monoisotopic (exact) mass is 626 g/mol. The van der Waals surface area contributed by atoms with E-state index in [1.165, 1.54) is 64.5 Å². The number of hydrogen-bond acceptors (Lipinski definition) is 6. The molecule has 0 saturated carbocycles. The Kier molecular flexibility index (Phi) is 7.61. The molecule has 1 N–H and O–H groups in total. The Morgan fingerprint density at radius 3 is 2.42 bits per heavy atom. The molecular weight excluding hydrogens is 608 g/mol. The maximum Gasteiger partial charge on any atom is 0.333 e. The molecule has 0 fully saturated rings. The van der Waals surface area contributed by atoms with Crippen molar-refractivity contribution in [2.45, 2.75) is 18.7 Å². The van der Waals surface area contributed by atoms with Crippen molar-refractivity contribution in [3.63, 3.8) is 0 Å². The SMILES string of the molecule is [O-][n+]1cc(-c2c(-n3cc(Cl)nn3)ccc(Cl)c2F)ccc1[C@@H]([C@H](O)c1ccccc1)n1cc(-c2ccnn2C(F)F)cn1. The van der Waals surface area contributed by atoms with Crippen molar-refractivity contribution in [1.82, 2.24) is 34.6 Å². The number of aliphatic hydroxyl groups is 1. The Balaban J connectivity index is 1.47. The smallest absolute Gasteiger partial charge is 0.333 e. The molecule has 0 saturated heterocycles. The van der Waals surface area contributed by atoms with E-state index in [0.717, 1.165) is 6.20 Å². The molecule has 6 aromatic rings. The highest BCUT2D eigenvalue weighted by molar-refractivity contribution is 6.31. The third-order valence-corrected chi connectivity index (χ3v) is 7.26. The van der Waals surface area contributed by atoms with E-state index < -0.39 is 24.5 Å². The van der Waals surface area contributed by atoms with Gasteiger partial charge in [-0.25, -0.2) is 13.8 Å². The zero-order chi connectivity index (χ0) is 30.2. The minimum absolute atomic E-state index is 0.0323. The quantitative estimate of drug-likeness (QED) is 0.169. The summed E-state index contributed by atoms with van der Waals surface area (Å²) in [5.41, 5.74) is 1.22. The fourth-order valence-electron chi connectivity index (χ4n) is 4.83.